The summed E-state index contributed by atoms with van der Waals surface area (Å²) < 4.78 is 2.19. The van der Waals surface area contributed by atoms with E-state index in [1.165, 1.54) is 5.69 Å². The van der Waals surface area contributed by atoms with Crippen molar-refractivity contribution in [1.29, 1.82) is 0 Å². The summed E-state index contributed by atoms with van der Waals surface area (Å²) in [5, 5.41) is 3.58. The zero-order valence-corrected chi connectivity index (χ0v) is 14.1. The standard InChI is InChI=1S/C17H28N4/c1-13(2)12-20(6)16-14(11-18-17(3,4)5)21-10-8-7-9-15(21)19-16/h7-10,13,18H,11-12H2,1-6H3. The Morgan fingerprint density at radius 2 is 2.00 bits per heavy atom. The lowest BCUT2D eigenvalue weighted by Gasteiger charge is -2.24. The molecule has 4 nitrogen and oxygen atoms in total. The van der Waals surface area contributed by atoms with Crippen LogP contribution in [0.15, 0.2) is 24.4 Å². The third-order valence-corrected chi connectivity index (χ3v) is 3.39. The van der Waals surface area contributed by atoms with E-state index in [1.807, 2.05) is 6.07 Å². The van der Waals surface area contributed by atoms with Gasteiger partial charge in [-0.15, -0.1) is 0 Å². The molecule has 0 atom stereocenters. The van der Waals surface area contributed by atoms with Crippen LogP contribution in [0, 0.1) is 5.92 Å². The zero-order chi connectivity index (χ0) is 15.6. The number of anilines is 1. The summed E-state index contributed by atoms with van der Waals surface area (Å²) in [6.07, 6.45) is 2.09. The summed E-state index contributed by atoms with van der Waals surface area (Å²) in [4.78, 5) is 7.08. The molecule has 2 aromatic heterocycles. The van der Waals surface area contributed by atoms with Crippen LogP contribution in [-0.4, -0.2) is 28.5 Å². The minimum atomic E-state index is 0.0901. The molecule has 0 saturated heterocycles. The Bertz CT molecular complexity index is 592. The number of nitrogens with one attached hydrogen (secondary N) is 1. The van der Waals surface area contributed by atoms with Gasteiger partial charge >= 0.3 is 0 Å². The fraction of sp³-hybridized carbons (Fsp3) is 0.588. The molecule has 0 fully saturated rings. The van der Waals surface area contributed by atoms with E-state index in [-0.39, 0.29) is 5.54 Å². The van der Waals surface area contributed by atoms with E-state index in [0.29, 0.717) is 5.92 Å². The van der Waals surface area contributed by atoms with Crippen molar-refractivity contribution in [2.24, 2.45) is 5.92 Å². The van der Waals surface area contributed by atoms with Crippen molar-refractivity contribution in [2.45, 2.75) is 46.7 Å². The first kappa shape index (κ1) is 15.8. The van der Waals surface area contributed by atoms with E-state index in [4.69, 9.17) is 4.98 Å². The van der Waals surface area contributed by atoms with Gasteiger partial charge in [0.05, 0.1) is 5.69 Å². The monoisotopic (exact) mass is 288 g/mol. The van der Waals surface area contributed by atoms with Gasteiger partial charge in [0.2, 0.25) is 0 Å². The van der Waals surface area contributed by atoms with Crippen molar-refractivity contribution in [3.05, 3.63) is 30.1 Å². The number of rotatable bonds is 5. The quantitative estimate of drug-likeness (QED) is 0.916. The Hall–Kier alpha value is -1.55. The summed E-state index contributed by atoms with van der Waals surface area (Å²) in [6, 6.07) is 6.16. The minimum absolute atomic E-state index is 0.0901. The Balaban J connectivity index is 2.38. The highest BCUT2D eigenvalue weighted by Crippen LogP contribution is 2.22. The van der Waals surface area contributed by atoms with Gasteiger partial charge in [-0.25, -0.2) is 4.98 Å². The highest BCUT2D eigenvalue weighted by Gasteiger charge is 2.18. The van der Waals surface area contributed by atoms with Crippen LogP contribution in [0.4, 0.5) is 5.82 Å². The fourth-order valence-electron chi connectivity index (χ4n) is 2.49. The first-order valence-electron chi connectivity index (χ1n) is 7.70. The lowest BCUT2D eigenvalue weighted by molar-refractivity contribution is 0.420. The molecule has 2 aromatic rings. The van der Waals surface area contributed by atoms with E-state index in [0.717, 1.165) is 24.6 Å². The summed E-state index contributed by atoms with van der Waals surface area (Å²) in [5.41, 5.74) is 2.32. The molecule has 21 heavy (non-hydrogen) atoms. The fourth-order valence-corrected chi connectivity index (χ4v) is 2.49. The van der Waals surface area contributed by atoms with Crippen LogP contribution >= 0.6 is 0 Å². The maximum absolute atomic E-state index is 4.82. The molecular formula is C17H28N4. The molecule has 1 N–H and O–H groups in total. The van der Waals surface area contributed by atoms with E-state index in [9.17, 15) is 0 Å². The van der Waals surface area contributed by atoms with Crippen LogP contribution in [-0.2, 0) is 6.54 Å². The van der Waals surface area contributed by atoms with Gasteiger partial charge in [0.15, 0.2) is 5.82 Å². The molecule has 0 saturated carbocycles. The summed E-state index contributed by atoms with van der Waals surface area (Å²) in [6.45, 7) is 12.9. The number of fused-ring (bicyclic) bond motifs is 1. The second-order valence-corrected chi connectivity index (χ2v) is 7.19. The smallest absolute Gasteiger partial charge is 0.152 e. The molecule has 0 amide bonds. The Kier molecular flexibility index (Phi) is 4.57. The highest BCUT2D eigenvalue weighted by atomic mass is 15.2. The van der Waals surface area contributed by atoms with Crippen molar-refractivity contribution in [3.63, 3.8) is 0 Å². The average Bonchev–Trinajstić information content (AvgIpc) is 2.73. The largest absolute Gasteiger partial charge is 0.358 e. The highest BCUT2D eigenvalue weighted by molar-refractivity contribution is 5.55. The number of pyridine rings is 1. The van der Waals surface area contributed by atoms with Crippen LogP contribution in [0.1, 0.15) is 40.3 Å². The van der Waals surface area contributed by atoms with E-state index >= 15 is 0 Å². The first-order chi connectivity index (χ1) is 9.78. The summed E-state index contributed by atoms with van der Waals surface area (Å²) in [7, 11) is 2.13. The van der Waals surface area contributed by atoms with Gasteiger partial charge in [-0.05, 0) is 38.8 Å². The van der Waals surface area contributed by atoms with Gasteiger partial charge in [-0.1, -0.05) is 19.9 Å². The van der Waals surface area contributed by atoms with Crippen molar-refractivity contribution >= 4 is 11.5 Å². The molecule has 2 heterocycles. The van der Waals surface area contributed by atoms with E-state index < -0.39 is 0 Å². The second kappa shape index (κ2) is 6.06. The van der Waals surface area contributed by atoms with Gasteiger partial charge in [0, 0.05) is 31.9 Å². The van der Waals surface area contributed by atoms with Crippen LogP contribution < -0.4 is 10.2 Å². The van der Waals surface area contributed by atoms with Crippen LogP contribution in [0.5, 0.6) is 0 Å². The predicted molar refractivity (Wildman–Crippen MR) is 89.9 cm³/mol. The summed E-state index contributed by atoms with van der Waals surface area (Å²) >= 11 is 0. The predicted octanol–water partition coefficient (Wildman–Crippen LogP) is 3.31. The SMILES string of the molecule is CC(C)CN(C)c1nc2ccccn2c1CNC(C)(C)C. The molecule has 116 valence electrons. The number of nitrogens with zero attached hydrogens (tertiary/aromatic N) is 3. The Labute approximate surface area is 128 Å². The Morgan fingerprint density at radius 1 is 1.29 bits per heavy atom. The van der Waals surface area contributed by atoms with Gasteiger partial charge < -0.3 is 14.6 Å². The topological polar surface area (TPSA) is 32.6 Å². The third kappa shape index (κ3) is 3.97. The third-order valence-electron chi connectivity index (χ3n) is 3.39. The van der Waals surface area contributed by atoms with Crippen LogP contribution in [0.2, 0.25) is 0 Å². The lowest BCUT2D eigenvalue weighted by Crippen LogP contribution is -2.36. The minimum Gasteiger partial charge on any atom is -0.358 e. The first-order valence-corrected chi connectivity index (χ1v) is 7.70. The summed E-state index contributed by atoms with van der Waals surface area (Å²) in [5.74, 6) is 1.69. The molecule has 0 spiro atoms. The Morgan fingerprint density at radius 3 is 2.62 bits per heavy atom. The number of imidazole rings is 1. The molecular weight excluding hydrogens is 260 g/mol. The molecule has 0 radical (unpaired) electrons. The maximum atomic E-state index is 4.82. The normalized spacial score (nSPS) is 12.3. The van der Waals surface area contributed by atoms with Gasteiger partial charge in [-0.2, -0.15) is 0 Å². The molecule has 0 aliphatic rings. The number of aromatic nitrogens is 2. The van der Waals surface area contributed by atoms with Gasteiger partial charge in [0.25, 0.3) is 0 Å². The molecule has 0 unspecified atom stereocenters. The van der Waals surface area contributed by atoms with Crippen molar-refractivity contribution in [1.82, 2.24) is 14.7 Å². The molecule has 0 aromatic carbocycles. The van der Waals surface area contributed by atoms with Crippen molar-refractivity contribution in [3.8, 4) is 0 Å². The molecule has 0 bridgehead atoms. The lowest BCUT2D eigenvalue weighted by atomic mass is 10.1. The molecule has 0 aliphatic carbocycles. The van der Waals surface area contributed by atoms with Gasteiger partial charge in [0.1, 0.15) is 5.65 Å². The number of hydrogen-bond acceptors (Lipinski definition) is 3. The molecule has 4 heteroatoms. The van der Waals surface area contributed by atoms with Crippen LogP contribution in [0.25, 0.3) is 5.65 Å². The average molecular weight is 288 g/mol. The number of hydrogen-bond donors (Lipinski definition) is 1. The maximum Gasteiger partial charge on any atom is 0.152 e. The van der Waals surface area contributed by atoms with Crippen LogP contribution in [0.3, 0.4) is 0 Å². The zero-order valence-electron chi connectivity index (χ0n) is 14.1. The van der Waals surface area contributed by atoms with E-state index in [2.05, 4.69) is 74.6 Å². The van der Waals surface area contributed by atoms with E-state index in [1.54, 1.807) is 0 Å². The second-order valence-electron chi connectivity index (χ2n) is 7.19. The molecule has 0 aliphatic heterocycles. The van der Waals surface area contributed by atoms with Crippen molar-refractivity contribution < 1.29 is 0 Å². The van der Waals surface area contributed by atoms with Crippen molar-refractivity contribution in [2.75, 3.05) is 18.5 Å². The molecule has 2 rings (SSSR count). The van der Waals surface area contributed by atoms with Gasteiger partial charge in [-0.3, -0.25) is 0 Å².